The van der Waals surface area contributed by atoms with E-state index in [1.54, 1.807) is 0 Å². The van der Waals surface area contributed by atoms with Gasteiger partial charge >= 0.3 is 31.3 Å². The number of hydrogen-bond donors (Lipinski definition) is 0. The van der Waals surface area contributed by atoms with Gasteiger partial charge in [0.1, 0.15) is 31.3 Å². The lowest BCUT2D eigenvalue weighted by Gasteiger charge is -2.26. The normalized spacial score (nSPS) is 19.8. The van der Waals surface area contributed by atoms with Crippen molar-refractivity contribution in [1.29, 1.82) is 0 Å². The molecule has 1 fully saturated rings. The maximum atomic E-state index is 14.2. The van der Waals surface area contributed by atoms with E-state index in [2.05, 4.69) is 47.6 Å². The van der Waals surface area contributed by atoms with E-state index < -0.39 is 128 Å². The minimum atomic E-state index is -6.13. The average Bonchev–Trinajstić information content (AvgIpc) is 3.87. The number of fused-ring (bicyclic) bond motifs is 4. The van der Waals surface area contributed by atoms with Crippen LogP contribution in [0, 0.1) is 0 Å². The second kappa shape index (κ2) is 21.6. The first kappa shape index (κ1) is 57.1. The molecule has 0 bridgehead atoms. The van der Waals surface area contributed by atoms with Crippen LogP contribution in [0.1, 0.15) is 40.0 Å². The minimum absolute atomic E-state index is 0.00732. The number of anilines is 2. The number of alkyl halides is 6. The summed E-state index contributed by atoms with van der Waals surface area (Å²) in [7, 11) is -12.9. The van der Waals surface area contributed by atoms with Crippen molar-refractivity contribution in [3.05, 3.63) is 47.4 Å². The molecule has 73 heavy (non-hydrogen) atoms. The van der Waals surface area contributed by atoms with E-state index >= 15 is 0 Å². The molecule has 4 aliphatic heterocycles. The number of halogens is 6. The van der Waals surface area contributed by atoms with Gasteiger partial charge in [0.25, 0.3) is 23.6 Å². The highest BCUT2D eigenvalue weighted by molar-refractivity contribution is 7.87. The van der Waals surface area contributed by atoms with Crippen LogP contribution >= 0.6 is 0 Å². The fourth-order valence-corrected chi connectivity index (χ4v) is 10.5. The molecule has 4 heterocycles. The second-order valence-corrected chi connectivity index (χ2v) is 34.0. The molecule has 2 aromatic carbocycles. The van der Waals surface area contributed by atoms with Gasteiger partial charge in [0.2, 0.25) is 0 Å². The largest absolute Gasteiger partial charge is 0.534 e. The zero-order valence-electron chi connectivity index (χ0n) is 41.0. The summed E-state index contributed by atoms with van der Waals surface area (Å²) in [4.78, 5) is 60.5. The van der Waals surface area contributed by atoms with E-state index in [1.807, 2.05) is 0 Å². The van der Waals surface area contributed by atoms with Gasteiger partial charge in [-0.2, -0.15) is 43.2 Å². The molecule has 0 N–H and O–H groups in total. The van der Waals surface area contributed by atoms with E-state index in [4.69, 9.17) is 28.4 Å². The van der Waals surface area contributed by atoms with Crippen molar-refractivity contribution in [2.45, 2.75) is 99.8 Å². The Bertz CT molecular complexity index is 2720. The van der Waals surface area contributed by atoms with E-state index in [-0.39, 0.29) is 78.3 Å². The highest BCUT2D eigenvalue weighted by atomic mass is 32.2. The summed E-state index contributed by atoms with van der Waals surface area (Å²) in [6.45, 7) is 11.4. The molecule has 0 aliphatic carbocycles. The van der Waals surface area contributed by atoms with Crippen LogP contribution in [-0.2, 0) is 47.7 Å². The van der Waals surface area contributed by atoms with Crippen LogP contribution in [-0.4, -0.2) is 156 Å². The number of benzene rings is 2. The van der Waals surface area contributed by atoms with Crippen molar-refractivity contribution in [3.63, 3.8) is 0 Å². The Hall–Kier alpha value is -5.15. The van der Waals surface area contributed by atoms with Crippen molar-refractivity contribution >= 4 is 71.4 Å². The van der Waals surface area contributed by atoms with Crippen LogP contribution in [0.4, 0.5) is 37.7 Å². The summed E-state index contributed by atoms with van der Waals surface area (Å²) in [5, 5.41) is 0. The van der Waals surface area contributed by atoms with Gasteiger partial charge in [-0.05, 0) is 24.2 Å². The van der Waals surface area contributed by atoms with Crippen LogP contribution in [0.2, 0.25) is 51.4 Å². The molecule has 4 aliphatic rings. The number of carbonyl (C=O) groups excluding carboxylic acids is 4. The maximum Gasteiger partial charge on any atom is 0.534 e. The predicted molar refractivity (Wildman–Crippen MR) is 253 cm³/mol. The Labute approximate surface area is 419 Å². The predicted octanol–water partition coefficient (Wildman–Crippen LogP) is 6.24. The van der Waals surface area contributed by atoms with E-state index in [0.29, 0.717) is 12.1 Å². The molecule has 406 valence electrons. The minimum Gasteiger partial charge on any atom is -0.493 e. The Balaban J connectivity index is 1.23. The molecule has 0 aromatic heterocycles. The van der Waals surface area contributed by atoms with Crippen LogP contribution in [0.5, 0.6) is 23.0 Å². The smallest absolute Gasteiger partial charge is 0.493 e. The van der Waals surface area contributed by atoms with Crippen molar-refractivity contribution in [2.24, 2.45) is 0 Å². The quantitative estimate of drug-likeness (QED) is 0.0418. The summed E-state index contributed by atoms with van der Waals surface area (Å²) in [6.07, 6.45) is -2.10. The van der Waals surface area contributed by atoms with Crippen molar-refractivity contribution in [1.82, 2.24) is 9.80 Å². The number of nitrogens with zero attached hydrogens (tertiary/aromatic N) is 4. The fraction of sp³-hybridized carbons (Fsp3) is 0.581. The lowest BCUT2D eigenvalue weighted by molar-refractivity contribution is -0.123. The lowest BCUT2D eigenvalue weighted by atomic mass is 10.1. The van der Waals surface area contributed by atoms with Gasteiger partial charge in [0.15, 0.2) is 23.0 Å². The first-order valence-electron chi connectivity index (χ1n) is 22.6. The number of amides is 4. The third-order valence-electron chi connectivity index (χ3n) is 11.8. The number of hydrogen-bond acceptors (Lipinski definition) is 16. The van der Waals surface area contributed by atoms with Gasteiger partial charge in [0.05, 0.1) is 56.0 Å². The van der Waals surface area contributed by atoms with Crippen LogP contribution in [0.15, 0.2) is 36.2 Å². The van der Waals surface area contributed by atoms with Crippen molar-refractivity contribution in [3.8, 4) is 23.0 Å². The van der Waals surface area contributed by atoms with Gasteiger partial charge < -0.3 is 37.5 Å². The number of methoxy groups -OCH3 is 2. The van der Waals surface area contributed by atoms with Crippen molar-refractivity contribution < 1.29 is 99.1 Å². The molecule has 1 saturated heterocycles. The van der Waals surface area contributed by atoms with Gasteiger partial charge in [-0.3, -0.25) is 38.1 Å². The van der Waals surface area contributed by atoms with E-state index in [0.717, 1.165) is 25.8 Å². The Morgan fingerprint density at radius 3 is 1.55 bits per heavy atom. The lowest BCUT2D eigenvalue weighted by Crippen LogP contribution is -2.45. The fourth-order valence-electron chi connectivity index (χ4n) is 7.88. The van der Waals surface area contributed by atoms with Gasteiger partial charge in [0, 0.05) is 73.5 Å². The summed E-state index contributed by atoms with van der Waals surface area (Å²) in [6, 6.07) is 3.68. The Kier molecular flexibility index (Phi) is 16.9. The summed E-state index contributed by atoms with van der Waals surface area (Å²) < 4.78 is 171. The van der Waals surface area contributed by atoms with Gasteiger partial charge in [-0.25, -0.2) is 0 Å². The monoisotopic (exact) mass is 1120 g/mol. The maximum absolute atomic E-state index is 14.2. The molecule has 6 rings (SSSR count). The van der Waals surface area contributed by atoms with E-state index in [1.165, 1.54) is 38.5 Å². The van der Waals surface area contributed by atoms with Crippen LogP contribution in [0.25, 0.3) is 0 Å². The van der Waals surface area contributed by atoms with Crippen LogP contribution < -0.4 is 28.7 Å². The highest BCUT2D eigenvalue weighted by Gasteiger charge is 2.54. The summed E-state index contributed by atoms with van der Waals surface area (Å²) in [5.74, 6) is -4.02. The summed E-state index contributed by atoms with van der Waals surface area (Å²) >= 11 is 0. The number of ether oxygens (including phenoxy) is 6. The first-order valence-corrected chi connectivity index (χ1v) is 32.8. The topological polar surface area (TPSA) is 223 Å². The SMILES string of the molecule is COc1cc2c(cc1OCCCOc1cc3c(cc1OC)C(=O)N1CC(OS(=O)(=O)C(F)(F)F)C[C@H]1C(=O)N3COCC[Si](C)(C)C)N(COCC[Si](C)(C)C)C(=O)[C@@H]1CC(OS(=O)(=O)C(F)(F)F)=CN1C2=O. The van der Waals surface area contributed by atoms with Gasteiger partial charge in [-0.1, -0.05) is 39.3 Å². The number of rotatable bonds is 22. The molecular formula is C43H56F6N4O16S2Si2. The molecule has 1 unspecified atom stereocenters. The molecule has 3 atom stereocenters. The third kappa shape index (κ3) is 13.0. The zero-order valence-corrected chi connectivity index (χ0v) is 44.6. The van der Waals surface area contributed by atoms with Crippen molar-refractivity contribution in [2.75, 3.05) is 70.5 Å². The zero-order chi connectivity index (χ0) is 54.2. The van der Waals surface area contributed by atoms with Crippen LogP contribution in [0.3, 0.4) is 0 Å². The Morgan fingerprint density at radius 1 is 0.630 bits per heavy atom. The molecule has 0 radical (unpaired) electrons. The highest BCUT2D eigenvalue weighted by Crippen LogP contribution is 2.43. The third-order valence-corrected chi connectivity index (χ3v) is 17.3. The summed E-state index contributed by atoms with van der Waals surface area (Å²) in [5.41, 5.74) is -11.8. The molecule has 20 nitrogen and oxygen atoms in total. The Morgan fingerprint density at radius 2 is 1.10 bits per heavy atom. The standard InChI is InChI=1S/C43H56F6N4O16S2Si2/c1-62-34-18-28-30(52(24-64-12-14-72(3,4)5)40(56)32-16-26(22-50(32)38(28)54)68-70(58,59)42(44,45)46)20-36(34)66-10-9-11-67-37-21-31-29(19-35(37)63-2)39(55)51-23-27(69-71(60,61)43(47,48)49)17-33(51)41(57)53(31)25-65-13-15-73(6,7)8/h18-22,27,32-33H,9-17,23-25H2,1-8H3/t27?,32-,33-/m0/s1. The first-order chi connectivity index (χ1) is 33.8. The average molecular weight is 1120 g/mol. The molecule has 0 saturated carbocycles. The molecule has 4 amide bonds. The van der Waals surface area contributed by atoms with Gasteiger partial charge in [-0.15, -0.1) is 0 Å². The molecule has 0 spiro atoms. The molecular weight excluding hydrogens is 1060 g/mol. The second-order valence-electron chi connectivity index (χ2n) is 19.7. The molecule has 30 heteroatoms. The van der Waals surface area contributed by atoms with E-state index in [9.17, 15) is 62.4 Å². The number of carbonyl (C=O) groups is 4. The molecule has 2 aromatic rings.